The van der Waals surface area contributed by atoms with Crippen LogP contribution in [0.1, 0.15) is 28.8 Å². The van der Waals surface area contributed by atoms with Gasteiger partial charge in [-0.2, -0.15) is 9.78 Å². The van der Waals surface area contributed by atoms with E-state index in [1.54, 1.807) is 18.6 Å². The quantitative estimate of drug-likeness (QED) is 0.483. The lowest BCUT2D eigenvalue weighted by Gasteiger charge is -2.10. The molecular weight excluding hydrogens is 394 g/mol. The summed E-state index contributed by atoms with van der Waals surface area (Å²) < 4.78 is 7.05. The van der Waals surface area contributed by atoms with Gasteiger partial charge in [-0.25, -0.2) is 9.97 Å². The molecule has 31 heavy (non-hydrogen) atoms. The molecule has 1 amide bonds. The summed E-state index contributed by atoms with van der Waals surface area (Å²) in [6.45, 7) is 1.15. The third-order valence-electron chi connectivity index (χ3n) is 5.22. The van der Waals surface area contributed by atoms with Gasteiger partial charge in [0.25, 0.3) is 5.91 Å². The maximum absolute atomic E-state index is 13.1. The number of para-hydroxylation sites is 2. The highest BCUT2D eigenvalue weighted by atomic mass is 16.5. The highest BCUT2D eigenvalue weighted by Gasteiger charge is 2.25. The normalized spacial score (nSPS) is 16.5. The van der Waals surface area contributed by atoms with Crippen molar-refractivity contribution >= 4 is 40.1 Å². The average Bonchev–Trinajstić information content (AvgIpc) is 3.41. The van der Waals surface area contributed by atoms with Gasteiger partial charge in [0.05, 0.1) is 23.4 Å². The number of rotatable bonds is 5. The predicted octanol–water partition coefficient (Wildman–Crippen LogP) is 2.35. The molecule has 1 aliphatic heterocycles. The van der Waals surface area contributed by atoms with Crippen LogP contribution in [-0.4, -0.2) is 51.0 Å². The van der Waals surface area contributed by atoms with Crippen molar-refractivity contribution in [3.05, 3.63) is 59.9 Å². The fraction of sp³-hybridized carbons (Fsp3) is 0.227. The van der Waals surface area contributed by atoms with Gasteiger partial charge < -0.3 is 15.8 Å². The Kier molecular flexibility index (Phi) is 5.01. The number of pyridine rings is 1. The summed E-state index contributed by atoms with van der Waals surface area (Å²) in [5.74, 6) is -0.145. The number of nitrogens with one attached hydrogen (secondary N) is 1. The van der Waals surface area contributed by atoms with Gasteiger partial charge in [0, 0.05) is 31.1 Å². The zero-order valence-corrected chi connectivity index (χ0v) is 16.7. The molecule has 4 aromatic rings. The Morgan fingerprint density at radius 2 is 2.10 bits per heavy atom. The fourth-order valence-electron chi connectivity index (χ4n) is 3.67. The molecule has 1 atom stereocenters. The number of carbonyl (C=O) groups excluding carboxylic acids is 1. The monoisotopic (exact) mass is 415 g/mol. The fourth-order valence-corrected chi connectivity index (χ4v) is 3.67. The second kappa shape index (κ2) is 8.11. The molecule has 1 aromatic carbocycles. The van der Waals surface area contributed by atoms with Crippen molar-refractivity contribution < 1.29 is 9.53 Å². The number of nitrogen functional groups attached to an aromatic ring is 1. The van der Waals surface area contributed by atoms with E-state index in [-0.39, 0.29) is 23.4 Å². The number of fused-ring (bicyclic) bond motifs is 2. The van der Waals surface area contributed by atoms with Crippen LogP contribution >= 0.6 is 0 Å². The van der Waals surface area contributed by atoms with Crippen LogP contribution in [0.4, 0.5) is 5.82 Å². The minimum absolute atomic E-state index is 0.0223. The van der Waals surface area contributed by atoms with Crippen molar-refractivity contribution in [1.82, 2.24) is 24.9 Å². The summed E-state index contributed by atoms with van der Waals surface area (Å²) in [6, 6.07) is 11.2. The molecule has 1 unspecified atom stereocenters. The first-order valence-corrected chi connectivity index (χ1v) is 10.1. The molecule has 9 nitrogen and oxygen atoms in total. The molecule has 4 heterocycles. The Balaban J connectivity index is 1.59. The van der Waals surface area contributed by atoms with Crippen LogP contribution in [0.5, 0.6) is 0 Å². The number of aromatic nitrogens is 4. The summed E-state index contributed by atoms with van der Waals surface area (Å²) >= 11 is 0. The summed E-state index contributed by atoms with van der Waals surface area (Å²) in [5.41, 5.74) is 9.63. The minimum atomic E-state index is -0.321. The van der Waals surface area contributed by atoms with Crippen LogP contribution in [0, 0.1) is 0 Å². The van der Waals surface area contributed by atoms with Gasteiger partial charge in [-0.05, 0) is 31.0 Å². The predicted molar refractivity (Wildman–Crippen MR) is 118 cm³/mol. The number of benzene rings is 1. The summed E-state index contributed by atoms with van der Waals surface area (Å²) in [5, 5.41) is 7.39. The van der Waals surface area contributed by atoms with E-state index in [0.717, 1.165) is 25.0 Å². The van der Waals surface area contributed by atoms with E-state index in [1.807, 2.05) is 36.4 Å². The van der Waals surface area contributed by atoms with E-state index < -0.39 is 0 Å². The third-order valence-corrected chi connectivity index (χ3v) is 5.22. The van der Waals surface area contributed by atoms with Crippen molar-refractivity contribution in [1.29, 1.82) is 0 Å². The smallest absolute Gasteiger partial charge is 0.257 e. The van der Waals surface area contributed by atoms with E-state index in [0.29, 0.717) is 28.7 Å². The molecule has 3 N–H and O–H groups in total. The molecule has 0 aliphatic carbocycles. The van der Waals surface area contributed by atoms with E-state index in [9.17, 15) is 4.79 Å². The molecule has 3 aromatic heterocycles. The first kappa shape index (κ1) is 19.1. The topological polar surface area (TPSA) is 120 Å². The van der Waals surface area contributed by atoms with Crippen LogP contribution in [0.15, 0.2) is 53.9 Å². The number of nitrogens with zero attached hydrogens (tertiary/aromatic N) is 5. The van der Waals surface area contributed by atoms with Crippen LogP contribution in [0.3, 0.4) is 0 Å². The summed E-state index contributed by atoms with van der Waals surface area (Å²) in [4.78, 5) is 26.5. The van der Waals surface area contributed by atoms with E-state index in [2.05, 4.69) is 25.4 Å². The number of nitrogens with two attached hydrogens (primary N) is 1. The maximum Gasteiger partial charge on any atom is 0.257 e. The van der Waals surface area contributed by atoms with Crippen molar-refractivity contribution in [3.63, 3.8) is 0 Å². The standard InChI is InChI=1S/C22H21N7O2/c23-20-18(22(30)25-13-15-6-4-10-31-15)19-21(28-17-8-2-1-7-16(17)27-19)29(20)26-12-14-5-3-9-24-11-14/h1-3,5,7-9,11-12,15H,4,6,10,13,23H2,(H,25,30). The van der Waals surface area contributed by atoms with Crippen LogP contribution in [0.25, 0.3) is 22.2 Å². The molecule has 0 bridgehead atoms. The molecule has 9 heteroatoms. The molecule has 1 fully saturated rings. The van der Waals surface area contributed by atoms with Gasteiger partial charge in [0.15, 0.2) is 5.65 Å². The molecule has 1 saturated heterocycles. The summed E-state index contributed by atoms with van der Waals surface area (Å²) in [6.07, 6.45) is 6.94. The van der Waals surface area contributed by atoms with Gasteiger partial charge in [0.1, 0.15) is 16.9 Å². The lowest BCUT2D eigenvalue weighted by atomic mass is 10.2. The number of carbonyl (C=O) groups is 1. The molecule has 1 aliphatic rings. The Labute approximate surface area is 178 Å². The van der Waals surface area contributed by atoms with Gasteiger partial charge in [-0.1, -0.05) is 18.2 Å². The van der Waals surface area contributed by atoms with E-state index >= 15 is 0 Å². The van der Waals surface area contributed by atoms with Crippen LogP contribution in [0.2, 0.25) is 0 Å². The van der Waals surface area contributed by atoms with Crippen LogP contribution < -0.4 is 11.1 Å². The first-order valence-electron chi connectivity index (χ1n) is 10.1. The number of ether oxygens (including phenoxy) is 1. The number of hydrogen-bond donors (Lipinski definition) is 2. The Bertz CT molecular complexity index is 1280. The molecule has 5 rings (SSSR count). The largest absolute Gasteiger partial charge is 0.383 e. The summed E-state index contributed by atoms with van der Waals surface area (Å²) in [7, 11) is 0. The molecule has 0 radical (unpaired) electrons. The average molecular weight is 415 g/mol. The molecular formula is C22H21N7O2. The lowest BCUT2D eigenvalue weighted by molar-refractivity contribution is 0.0859. The zero-order chi connectivity index (χ0) is 21.2. The highest BCUT2D eigenvalue weighted by Crippen LogP contribution is 2.28. The number of amides is 1. The second-order valence-electron chi connectivity index (χ2n) is 7.33. The zero-order valence-electron chi connectivity index (χ0n) is 16.7. The SMILES string of the molecule is Nc1c(C(=O)NCC2CCCO2)c2nc3ccccc3nc2n1N=Cc1cccnc1. The first-order chi connectivity index (χ1) is 15.2. The highest BCUT2D eigenvalue weighted by molar-refractivity contribution is 6.10. The molecule has 0 spiro atoms. The van der Waals surface area contributed by atoms with E-state index in [4.69, 9.17) is 10.5 Å². The number of anilines is 1. The third kappa shape index (κ3) is 3.71. The second-order valence-corrected chi connectivity index (χ2v) is 7.33. The Morgan fingerprint density at radius 1 is 1.26 bits per heavy atom. The van der Waals surface area contributed by atoms with Gasteiger partial charge in [-0.3, -0.25) is 9.78 Å². The van der Waals surface area contributed by atoms with Crippen molar-refractivity contribution in [2.24, 2.45) is 5.10 Å². The van der Waals surface area contributed by atoms with Crippen LogP contribution in [-0.2, 0) is 4.74 Å². The van der Waals surface area contributed by atoms with Gasteiger partial charge in [-0.15, -0.1) is 0 Å². The van der Waals surface area contributed by atoms with Gasteiger partial charge >= 0.3 is 0 Å². The molecule has 0 saturated carbocycles. The maximum atomic E-state index is 13.1. The van der Waals surface area contributed by atoms with E-state index in [1.165, 1.54) is 4.68 Å². The minimum Gasteiger partial charge on any atom is -0.383 e. The van der Waals surface area contributed by atoms with Crippen molar-refractivity contribution in [2.45, 2.75) is 18.9 Å². The lowest BCUT2D eigenvalue weighted by Crippen LogP contribution is -2.32. The van der Waals surface area contributed by atoms with Crippen molar-refractivity contribution in [3.8, 4) is 0 Å². The van der Waals surface area contributed by atoms with Crippen molar-refractivity contribution in [2.75, 3.05) is 18.9 Å². The molecule has 156 valence electrons. The van der Waals surface area contributed by atoms with Gasteiger partial charge in [0.2, 0.25) is 0 Å². The number of hydrogen-bond acceptors (Lipinski definition) is 7. The Morgan fingerprint density at radius 3 is 2.84 bits per heavy atom. The Hall–Kier alpha value is -3.85.